The zero-order chi connectivity index (χ0) is 16.5. The molecule has 1 atom stereocenters. The summed E-state index contributed by atoms with van der Waals surface area (Å²) < 4.78 is 13.5. The summed E-state index contributed by atoms with van der Waals surface area (Å²) in [4.78, 5) is 0. The van der Waals surface area contributed by atoms with Crippen molar-refractivity contribution in [2.24, 2.45) is 0 Å². The SMILES string of the molecule is CCn1ncc2c1CCC[C@H]2NCc1cc2cccc(OC)c2o1. The lowest BCUT2D eigenvalue weighted by Gasteiger charge is -2.23. The number of ether oxygens (including phenoxy) is 1. The minimum absolute atomic E-state index is 0.351. The molecular formula is C19H23N3O2. The first-order valence-corrected chi connectivity index (χ1v) is 8.63. The Labute approximate surface area is 141 Å². The van der Waals surface area contributed by atoms with Crippen molar-refractivity contribution in [2.45, 2.75) is 45.3 Å². The van der Waals surface area contributed by atoms with Crippen molar-refractivity contribution in [3.8, 4) is 5.75 Å². The van der Waals surface area contributed by atoms with E-state index in [1.165, 1.54) is 17.7 Å². The van der Waals surface area contributed by atoms with E-state index in [0.29, 0.717) is 12.6 Å². The van der Waals surface area contributed by atoms with Crippen LogP contribution in [0.5, 0.6) is 5.75 Å². The summed E-state index contributed by atoms with van der Waals surface area (Å²) in [5.41, 5.74) is 3.55. The largest absolute Gasteiger partial charge is 0.493 e. The topological polar surface area (TPSA) is 52.2 Å². The molecule has 1 aliphatic carbocycles. The van der Waals surface area contributed by atoms with Gasteiger partial charge in [-0.05, 0) is 38.3 Å². The lowest BCUT2D eigenvalue weighted by Crippen LogP contribution is -2.24. The Balaban J connectivity index is 1.53. The van der Waals surface area contributed by atoms with E-state index in [4.69, 9.17) is 9.15 Å². The molecule has 1 aromatic carbocycles. The Morgan fingerprint density at radius 1 is 1.42 bits per heavy atom. The van der Waals surface area contributed by atoms with Crippen molar-refractivity contribution < 1.29 is 9.15 Å². The number of hydrogen-bond donors (Lipinski definition) is 1. The number of aryl methyl sites for hydroxylation is 1. The van der Waals surface area contributed by atoms with Gasteiger partial charge in [-0.3, -0.25) is 4.68 Å². The van der Waals surface area contributed by atoms with Gasteiger partial charge in [0.1, 0.15) is 5.76 Å². The van der Waals surface area contributed by atoms with Gasteiger partial charge in [0.15, 0.2) is 11.3 Å². The molecule has 1 aliphatic rings. The van der Waals surface area contributed by atoms with Gasteiger partial charge < -0.3 is 14.5 Å². The highest BCUT2D eigenvalue weighted by atomic mass is 16.5. The number of nitrogens with zero attached hydrogens (tertiary/aromatic N) is 2. The van der Waals surface area contributed by atoms with Crippen LogP contribution < -0.4 is 10.1 Å². The van der Waals surface area contributed by atoms with Crippen LogP contribution in [-0.4, -0.2) is 16.9 Å². The first-order chi connectivity index (χ1) is 11.8. The zero-order valence-electron chi connectivity index (χ0n) is 14.2. The van der Waals surface area contributed by atoms with E-state index >= 15 is 0 Å². The van der Waals surface area contributed by atoms with Gasteiger partial charge in [0.05, 0.1) is 19.9 Å². The van der Waals surface area contributed by atoms with Crippen LogP contribution >= 0.6 is 0 Å². The molecule has 5 heteroatoms. The fourth-order valence-corrected chi connectivity index (χ4v) is 3.66. The molecule has 0 aliphatic heterocycles. The number of nitrogens with one attached hydrogen (secondary N) is 1. The minimum Gasteiger partial charge on any atom is -0.493 e. The predicted molar refractivity (Wildman–Crippen MR) is 93.2 cm³/mol. The van der Waals surface area contributed by atoms with Crippen LogP contribution in [0.4, 0.5) is 0 Å². The van der Waals surface area contributed by atoms with Crippen LogP contribution in [-0.2, 0) is 19.5 Å². The van der Waals surface area contributed by atoms with Gasteiger partial charge in [0.2, 0.25) is 0 Å². The second-order valence-corrected chi connectivity index (χ2v) is 6.28. The summed E-state index contributed by atoms with van der Waals surface area (Å²) in [6, 6.07) is 8.40. The fourth-order valence-electron chi connectivity index (χ4n) is 3.66. The maximum absolute atomic E-state index is 5.99. The highest BCUT2D eigenvalue weighted by molar-refractivity contribution is 5.83. The van der Waals surface area contributed by atoms with Crippen molar-refractivity contribution in [1.82, 2.24) is 15.1 Å². The summed E-state index contributed by atoms with van der Waals surface area (Å²) in [5, 5.41) is 9.24. The Bertz CT molecular complexity index is 850. The number of para-hydroxylation sites is 1. The monoisotopic (exact) mass is 325 g/mol. The van der Waals surface area contributed by atoms with Crippen LogP contribution in [0.15, 0.2) is 34.9 Å². The molecule has 0 saturated carbocycles. The number of hydrogen-bond acceptors (Lipinski definition) is 4. The first-order valence-electron chi connectivity index (χ1n) is 8.63. The van der Waals surface area contributed by atoms with Gasteiger partial charge in [0.25, 0.3) is 0 Å². The van der Waals surface area contributed by atoms with Crippen LogP contribution in [0.2, 0.25) is 0 Å². The van der Waals surface area contributed by atoms with E-state index in [2.05, 4.69) is 34.2 Å². The number of aromatic nitrogens is 2. The van der Waals surface area contributed by atoms with Crippen LogP contribution in [0.3, 0.4) is 0 Å². The number of furan rings is 1. The van der Waals surface area contributed by atoms with E-state index in [9.17, 15) is 0 Å². The van der Waals surface area contributed by atoms with Gasteiger partial charge in [-0.2, -0.15) is 5.10 Å². The molecule has 0 amide bonds. The second kappa shape index (κ2) is 6.32. The van der Waals surface area contributed by atoms with E-state index in [1.54, 1.807) is 7.11 Å². The molecule has 0 saturated heterocycles. The quantitative estimate of drug-likeness (QED) is 0.775. The molecule has 5 nitrogen and oxygen atoms in total. The van der Waals surface area contributed by atoms with Crippen molar-refractivity contribution in [2.75, 3.05) is 7.11 Å². The van der Waals surface area contributed by atoms with Gasteiger partial charge in [-0.1, -0.05) is 12.1 Å². The van der Waals surface area contributed by atoms with Crippen LogP contribution in [0, 0.1) is 0 Å². The molecule has 1 N–H and O–H groups in total. The Kier molecular flexibility index (Phi) is 4.02. The number of benzene rings is 1. The summed E-state index contributed by atoms with van der Waals surface area (Å²) in [5.74, 6) is 1.72. The summed E-state index contributed by atoms with van der Waals surface area (Å²) in [7, 11) is 1.67. The molecule has 2 heterocycles. The van der Waals surface area contributed by atoms with Crippen molar-refractivity contribution in [1.29, 1.82) is 0 Å². The average molecular weight is 325 g/mol. The summed E-state index contributed by atoms with van der Waals surface area (Å²) in [6.07, 6.45) is 5.50. The molecule has 3 aromatic rings. The van der Waals surface area contributed by atoms with Crippen LogP contribution in [0.1, 0.15) is 42.8 Å². The molecule has 0 radical (unpaired) electrons. The molecule has 4 rings (SSSR count). The van der Waals surface area contributed by atoms with E-state index < -0.39 is 0 Å². The average Bonchev–Trinajstić information content (AvgIpc) is 3.23. The lowest BCUT2D eigenvalue weighted by molar-refractivity contribution is 0.398. The summed E-state index contributed by atoms with van der Waals surface area (Å²) in [6.45, 7) is 3.79. The predicted octanol–water partition coefficient (Wildman–Crippen LogP) is 3.83. The minimum atomic E-state index is 0.351. The fraction of sp³-hybridized carbons (Fsp3) is 0.421. The number of fused-ring (bicyclic) bond motifs is 2. The molecule has 0 fully saturated rings. The maximum atomic E-state index is 5.99. The molecule has 126 valence electrons. The number of rotatable bonds is 5. The van der Waals surface area contributed by atoms with Gasteiger partial charge >= 0.3 is 0 Å². The standard InChI is InChI=1S/C19H23N3O2/c1-3-22-17-8-5-7-16(15(17)12-21-22)20-11-14-10-13-6-4-9-18(23-2)19(13)24-14/h4,6,9-10,12,16,20H,3,5,7-8,11H2,1-2H3/t16-/m1/s1. The van der Waals surface area contributed by atoms with Crippen molar-refractivity contribution in [3.63, 3.8) is 0 Å². The molecular weight excluding hydrogens is 302 g/mol. The van der Waals surface area contributed by atoms with E-state index in [1.807, 2.05) is 18.3 Å². The second-order valence-electron chi connectivity index (χ2n) is 6.28. The van der Waals surface area contributed by atoms with Crippen LogP contribution in [0.25, 0.3) is 11.0 Å². The highest BCUT2D eigenvalue weighted by Gasteiger charge is 2.23. The molecule has 0 spiro atoms. The van der Waals surface area contributed by atoms with Gasteiger partial charge in [0, 0.05) is 29.2 Å². The van der Waals surface area contributed by atoms with E-state index in [-0.39, 0.29) is 0 Å². The maximum Gasteiger partial charge on any atom is 0.176 e. The number of methoxy groups -OCH3 is 1. The Hall–Kier alpha value is -2.27. The van der Waals surface area contributed by atoms with E-state index in [0.717, 1.165) is 41.9 Å². The molecule has 24 heavy (non-hydrogen) atoms. The van der Waals surface area contributed by atoms with Crippen molar-refractivity contribution >= 4 is 11.0 Å². The molecule has 0 bridgehead atoms. The molecule has 2 aromatic heterocycles. The van der Waals surface area contributed by atoms with Gasteiger partial charge in [-0.25, -0.2) is 0 Å². The lowest BCUT2D eigenvalue weighted by atomic mass is 9.93. The summed E-state index contributed by atoms with van der Waals surface area (Å²) >= 11 is 0. The zero-order valence-corrected chi connectivity index (χ0v) is 14.2. The Morgan fingerprint density at radius 2 is 2.33 bits per heavy atom. The smallest absolute Gasteiger partial charge is 0.176 e. The first kappa shape index (κ1) is 15.3. The van der Waals surface area contributed by atoms with Gasteiger partial charge in [-0.15, -0.1) is 0 Å². The Morgan fingerprint density at radius 3 is 3.17 bits per heavy atom. The normalized spacial score (nSPS) is 17.2. The third-order valence-electron chi connectivity index (χ3n) is 4.86. The molecule has 0 unspecified atom stereocenters. The van der Waals surface area contributed by atoms with Crippen molar-refractivity contribution in [3.05, 3.63) is 47.5 Å². The highest BCUT2D eigenvalue weighted by Crippen LogP contribution is 2.31. The third-order valence-corrected chi connectivity index (χ3v) is 4.86. The third kappa shape index (κ3) is 2.59.